The monoisotopic (exact) mass is 250 g/mol. The number of nitrogens with two attached hydrogens (primary N) is 1. The first-order valence-electron chi connectivity index (χ1n) is 6.21. The average Bonchev–Trinajstić information content (AvgIpc) is 2.28. The van der Waals surface area contributed by atoms with Crippen molar-refractivity contribution in [3.8, 4) is 0 Å². The molecule has 0 amide bonds. The molecule has 1 unspecified atom stereocenters. The number of unbranched alkanes of at least 4 members (excludes halogenated alkanes) is 1. The summed E-state index contributed by atoms with van der Waals surface area (Å²) in [4.78, 5) is 0.457. The zero-order valence-corrected chi connectivity index (χ0v) is 11.7. The number of rotatable bonds is 6. The van der Waals surface area contributed by atoms with Gasteiger partial charge in [0, 0.05) is 17.3 Å². The van der Waals surface area contributed by atoms with Gasteiger partial charge in [0.05, 0.1) is 0 Å². The SMILES string of the molecule is CCCCC(C)Nc1ccc(C)cc1C(N)=S. The molecule has 1 aromatic carbocycles. The van der Waals surface area contributed by atoms with Gasteiger partial charge >= 0.3 is 0 Å². The van der Waals surface area contributed by atoms with E-state index in [9.17, 15) is 0 Å². The Labute approximate surface area is 110 Å². The van der Waals surface area contributed by atoms with Crippen LogP contribution in [0.5, 0.6) is 0 Å². The lowest BCUT2D eigenvalue weighted by Gasteiger charge is -2.18. The Morgan fingerprint density at radius 2 is 2.18 bits per heavy atom. The minimum Gasteiger partial charge on any atom is -0.389 e. The summed E-state index contributed by atoms with van der Waals surface area (Å²) in [7, 11) is 0. The highest BCUT2D eigenvalue weighted by molar-refractivity contribution is 7.80. The van der Waals surface area contributed by atoms with Crippen molar-refractivity contribution in [1.82, 2.24) is 0 Å². The van der Waals surface area contributed by atoms with Gasteiger partial charge in [-0.25, -0.2) is 0 Å². The molecule has 0 heterocycles. The highest BCUT2D eigenvalue weighted by atomic mass is 32.1. The highest BCUT2D eigenvalue weighted by Crippen LogP contribution is 2.19. The molecule has 3 heteroatoms. The minimum absolute atomic E-state index is 0.450. The number of hydrogen-bond acceptors (Lipinski definition) is 2. The zero-order valence-electron chi connectivity index (χ0n) is 10.9. The van der Waals surface area contributed by atoms with Gasteiger partial charge in [-0.2, -0.15) is 0 Å². The second kappa shape index (κ2) is 6.60. The van der Waals surface area contributed by atoms with Crippen LogP contribution in [0.15, 0.2) is 18.2 Å². The summed E-state index contributed by atoms with van der Waals surface area (Å²) in [5, 5.41) is 3.49. The molecule has 0 bridgehead atoms. The largest absolute Gasteiger partial charge is 0.389 e. The number of anilines is 1. The predicted molar refractivity (Wildman–Crippen MR) is 79.7 cm³/mol. The first-order chi connectivity index (χ1) is 8.04. The van der Waals surface area contributed by atoms with E-state index in [0.717, 1.165) is 11.3 Å². The summed E-state index contributed by atoms with van der Waals surface area (Å²) >= 11 is 5.09. The number of hydrogen-bond donors (Lipinski definition) is 2. The Kier molecular flexibility index (Phi) is 5.42. The standard InChI is InChI=1S/C14H22N2S/c1-4-5-6-11(3)16-13-8-7-10(2)9-12(13)14(15)17/h7-9,11,16H,4-6H2,1-3H3,(H2,15,17). The Balaban J connectivity index is 2.79. The van der Waals surface area contributed by atoms with Crippen LogP contribution in [0.1, 0.15) is 44.2 Å². The van der Waals surface area contributed by atoms with Crippen LogP contribution in [0.2, 0.25) is 0 Å². The van der Waals surface area contributed by atoms with Crippen LogP contribution in [0, 0.1) is 6.92 Å². The molecule has 0 radical (unpaired) electrons. The van der Waals surface area contributed by atoms with Gasteiger partial charge in [-0.1, -0.05) is 43.6 Å². The Hall–Kier alpha value is -1.09. The van der Waals surface area contributed by atoms with E-state index in [4.69, 9.17) is 18.0 Å². The van der Waals surface area contributed by atoms with Gasteiger partial charge in [0.2, 0.25) is 0 Å². The van der Waals surface area contributed by atoms with Crippen LogP contribution < -0.4 is 11.1 Å². The van der Waals surface area contributed by atoms with Crippen molar-refractivity contribution in [2.24, 2.45) is 5.73 Å². The maximum absolute atomic E-state index is 5.75. The molecular formula is C14H22N2S. The fourth-order valence-corrected chi connectivity index (χ4v) is 2.00. The molecule has 3 N–H and O–H groups in total. The zero-order chi connectivity index (χ0) is 12.8. The Morgan fingerprint density at radius 3 is 2.76 bits per heavy atom. The summed E-state index contributed by atoms with van der Waals surface area (Å²) in [6.07, 6.45) is 3.63. The van der Waals surface area contributed by atoms with Gasteiger partial charge in [-0.15, -0.1) is 0 Å². The predicted octanol–water partition coefficient (Wildman–Crippen LogP) is 3.62. The van der Waals surface area contributed by atoms with E-state index in [1.165, 1.54) is 24.8 Å². The quantitative estimate of drug-likeness (QED) is 0.757. The van der Waals surface area contributed by atoms with Gasteiger partial charge < -0.3 is 11.1 Å². The maximum Gasteiger partial charge on any atom is 0.106 e. The smallest absolute Gasteiger partial charge is 0.106 e. The van der Waals surface area contributed by atoms with E-state index in [0.29, 0.717) is 11.0 Å². The molecule has 0 saturated heterocycles. The molecule has 0 aliphatic carbocycles. The Bertz CT molecular complexity index is 388. The van der Waals surface area contributed by atoms with E-state index in [-0.39, 0.29) is 0 Å². The third-order valence-corrected chi connectivity index (χ3v) is 3.05. The van der Waals surface area contributed by atoms with Crippen LogP contribution in [-0.4, -0.2) is 11.0 Å². The number of nitrogens with one attached hydrogen (secondary N) is 1. The summed E-state index contributed by atoms with van der Waals surface area (Å²) in [6.45, 7) is 6.45. The summed E-state index contributed by atoms with van der Waals surface area (Å²) in [6, 6.07) is 6.63. The lowest BCUT2D eigenvalue weighted by Crippen LogP contribution is -2.19. The molecule has 1 atom stereocenters. The molecule has 2 nitrogen and oxygen atoms in total. The molecule has 0 aromatic heterocycles. The first kappa shape index (κ1) is 14.0. The number of benzene rings is 1. The molecule has 17 heavy (non-hydrogen) atoms. The Morgan fingerprint density at radius 1 is 1.47 bits per heavy atom. The fraction of sp³-hybridized carbons (Fsp3) is 0.500. The minimum atomic E-state index is 0.450. The first-order valence-corrected chi connectivity index (χ1v) is 6.62. The maximum atomic E-state index is 5.75. The van der Waals surface area contributed by atoms with Gasteiger partial charge in [0.1, 0.15) is 4.99 Å². The second-order valence-electron chi connectivity index (χ2n) is 4.60. The highest BCUT2D eigenvalue weighted by Gasteiger charge is 2.08. The third kappa shape index (κ3) is 4.35. The van der Waals surface area contributed by atoms with E-state index in [1.807, 2.05) is 13.0 Å². The van der Waals surface area contributed by atoms with Crippen LogP contribution in [0.3, 0.4) is 0 Å². The van der Waals surface area contributed by atoms with Crippen molar-refractivity contribution < 1.29 is 0 Å². The third-order valence-electron chi connectivity index (χ3n) is 2.83. The van der Waals surface area contributed by atoms with Crippen LogP contribution in [0.25, 0.3) is 0 Å². The molecule has 1 rings (SSSR count). The average molecular weight is 250 g/mol. The summed E-state index contributed by atoms with van der Waals surface area (Å²) in [5.41, 5.74) is 8.93. The normalized spacial score (nSPS) is 12.2. The van der Waals surface area contributed by atoms with Crippen molar-refractivity contribution in [2.45, 2.75) is 46.1 Å². The number of thiocarbonyl (C=S) groups is 1. The molecule has 0 spiro atoms. The topological polar surface area (TPSA) is 38.0 Å². The lowest BCUT2D eigenvalue weighted by atomic mass is 10.1. The van der Waals surface area contributed by atoms with Gasteiger partial charge in [0.25, 0.3) is 0 Å². The van der Waals surface area contributed by atoms with Gasteiger partial charge in [-0.3, -0.25) is 0 Å². The van der Waals surface area contributed by atoms with Crippen LogP contribution in [-0.2, 0) is 0 Å². The van der Waals surface area contributed by atoms with Gasteiger partial charge in [-0.05, 0) is 32.4 Å². The van der Waals surface area contributed by atoms with Crippen LogP contribution >= 0.6 is 12.2 Å². The lowest BCUT2D eigenvalue weighted by molar-refractivity contribution is 0.645. The fourth-order valence-electron chi connectivity index (χ4n) is 1.84. The van der Waals surface area contributed by atoms with E-state index < -0.39 is 0 Å². The van der Waals surface area contributed by atoms with Crippen molar-refractivity contribution in [3.63, 3.8) is 0 Å². The van der Waals surface area contributed by atoms with Crippen LogP contribution in [0.4, 0.5) is 5.69 Å². The molecular weight excluding hydrogens is 228 g/mol. The van der Waals surface area contributed by atoms with E-state index in [1.54, 1.807) is 0 Å². The number of aryl methyl sites for hydroxylation is 1. The summed E-state index contributed by atoms with van der Waals surface area (Å²) < 4.78 is 0. The molecule has 0 aliphatic rings. The second-order valence-corrected chi connectivity index (χ2v) is 5.04. The van der Waals surface area contributed by atoms with Gasteiger partial charge in [0.15, 0.2) is 0 Å². The van der Waals surface area contributed by atoms with Crippen molar-refractivity contribution >= 4 is 22.9 Å². The molecule has 1 aromatic rings. The van der Waals surface area contributed by atoms with Crippen molar-refractivity contribution in [3.05, 3.63) is 29.3 Å². The van der Waals surface area contributed by atoms with E-state index in [2.05, 4.69) is 31.3 Å². The van der Waals surface area contributed by atoms with E-state index >= 15 is 0 Å². The van der Waals surface area contributed by atoms with Crippen molar-refractivity contribution in [1.29, 1.82) is 0 Å². The molecule has 0 fully saturated rings. The molecule has 0 saturated carbocycles. The molecule has 0 aliphatic heterocycles. The van der Waals surface area contributed by atoms with Crippen molar-refractivity contribution in [2.75, 3.05) is 5.32 Å². The molecule has 94 valence electrons. The summed E-state index contributed by atoms with van der Waals surface area (Å²) in [5.74, 6) is 0.